The van der Waals surface area contributed by atoms with E-state index in [2.05, 4.69) is 194 Å². The van der Waals surface area contributed by atoms with Crippen molar-refractivity contribution in [3.63, 3.8) is 0 Å². The number of nitriles is 1. The van der Waals surface area contributed by atoms with Crippen molar-refractivity contribution in [3.8, 4) is 6.07 Å². The van der Waals surface area contributed by atoms with E-state index >= 15 is 0 Å². The first kappa shape index (κ1) is 32.2. The first-order valence-corrected chi connectivity index (χ1v) is 17.8. The molecule has 248 valence electrons. The minimum Gasteiger partial charge on any atom is -0.347 e. The number of hydrogen-bond donors (Lipinski definition) is 0. The van der Waals surface area contributed by atoms with Crippen LogP contribution < -0.4 is 4.90 Å². The number of rotatable bonds is 8. The second-order valence-corrected chi connectivity index (χ2v) is 14.3. The first-order chi connectivity index (χ1) is 24.9. The van der Waals surface area contributed by atoms with Crippen molar-refractivity contribution in [1.29, 1.82) is 5.26 Å². The van der Waals surface area contributed by atoms with Gasteiger partial charge in [-0.1, -0.05) is 121 Å². The van der Waals surface area contributed by atoms with Gasteiger partial charge >= 0.3 is 0 Å². The fraction of sp³-hybridized carbons (Fsp3) is 0.167. The lowest BCUT2D eigenvalue weighted by Crippen LogP contribution is -2.35. The Morgan fingerprint density at radius 2 is 1.29 bits per heavy atom. The Morgan fingerprint density at radius 1 is 0.706 bits per heavy atom. The molecule has 0 N–H and O–H groups in total. The average Bonchev–Trinajstić information content (AvgIpc) is 3.51. The van der Waals surface area contributed by atoms with Gasteiger partial charge in [0.25, 0.3) is 0 Å². The van der Waals surface area contributed by atoms with Gasteiger partial charge in [-0.15, -0.1) is 0 Å². The molecule has 0 amide bonds. The van der Waals surface area contributed by atoms with Crippen molar-refractivity contribution in [3.05, 3.63) is 203 Å². The van der Waals surface area contributed by atoms with Crippen LogP contribution in [0.2, 0.25) is 0 Å². The monoisotopic (exact) mass is 660 g/mol. The molecule has 6 aromatic carbocycles. The van der Waals surface area contributed by atoms with Gasteiger partial charge < -0.3 is 4.90 Å². The van der Waals surface area contributed by atoms with Crippen LogP contribution >= 0.6 is 0 Å². The number of nitrogens with zero attached hydrogens (tertiary/aromatic N) is 3. The van der Waals surface area contributed by atoms with Crippen LogP contribution in [0.4, 0.5) is 11.4 Å². The van der Waals surface area contributed by atoms with Crippen molar-refractivity contribution in [2.75, 3.05) is 19.0 Å². The van der Waals surface area contributed by atoms with Crippen LogP contribution in [-0.4, -0.2) is 24.4 Å². The first-order valence-electron chi connectivity index (χ1n) is 17.8. The van der Waals surface area contributed by atoms with Gasteiger partial charge in [0.05, 0.1) is 17.0 Å². The van der Waals surface area contributed by atoms with Crippen LogP contribution in [-0.2, 0) is 30.1 Å². The van der Waals surface area contributed by atoms with Crippen molar-refractivity contribution >= 4 is 27.9 Å². The fourth-order valence-electron chi connectivity index (χ4n) is 8.92. The van der Waals surface area contributed by atoms with Gasteiger partial charge in [0.2, 0.25) is 5.69 Å². The summed E-state index contributed by atoms with van der Waals surface area (Å²) in [6.45, 7) is 2.41. The molecule has 8 rings (SSSR count). The third kappa shape index (κ3) is 5.58. The standard InChI is InChI=1S/C48H42N3/c1-47(31-35-16-7-4-8-17-35)44(51(3)43-29-27-39-22-13-14-23-40(39)46(43)47)24-15-25-45-48(32-36-18-9-5-10-19-36,33-37-20-11-6-12-21-37)41-30-38(34-49)26-28-42(41)50(45)2/h4-30H,31-33H2,1-3H3/q+1. The van der Waals surface area contributed by atoms with Crippen LogP contribution in [0.5, 0.6) is 0 Å². The van der Waals surface area contributed by atoms with E-state index in [0.29, 0.717) is 5.56 Å². The van der Waals surface area contributed by atoms with Crippen molar-refractivity contribution < 1.29 is 4.58 Å². The van der Waals surface area contributed by atoms with Crippen LogP contribution in [0.25, 0.3) is 10.8 Å². The minimum absolute atomic E-state index is 0.251. The van der Waals surface area contributed by atoms with Crippen LogP contribution in [0.15, 0.2) is 170 Å². The number of fused-ring (bicyclic) bond motifs is 4. The van der Waals surface area contributed by atoms with Crippen molar-refractivity contribution in [1.82, 2.24) is 0 Å². The molecule has 0 fully saturated rings. The van der Waals surface area contributed by atoms with E-state index < -0.39 is 0 Å². The van der Waals surface area contributed by atoms with E-state index in [-0.39, 0.29) is 10.8 Å². The number of likely N-dealkylation sites (N-methyl/N-ethyl adjacent to an activating group) is 1. The van der Waals surface area contributed by atoms with Crippen molar-refractivity contribution in [2.24, 2.45) is 0 Å². The number of anilines is 1. The zero-order chi connectivity index (χ0) is 35.0. The number of hydrogen-bond acceptors (Lipinski definition) is 2. The molecular weight excluding hydrogens is 619 g/mol. The summed E-state index contributed by atoms with van der Waals surface area (Å²) in [7, 11) is 4.39. The molecule has 1 unspecified atom stereocenters. The summed E-state index contributed by atoms with van der Waals surface area (Å²) >= 11 is 0. The normalized spacial score (nSPS) is 18.4. The highest BCUT2D eigenvalue weighted by atomic mass is 15.2. The topological polar surface area (TPSA) is 30.0 Å². The van der Waals surface area contributed by atoms with Gasteiger partial charge in [0, 0.05) is 41.6 Å². The van der Waals surface area contributed by atoms with Gasteiger partial charge in [-0.25, -0.2) is 0 Å². The molecular formula is C48H42N3+. The lowest BCUT2D eigenvalue weighted by atomic mass is 9.70. The molecule has 2 aliphatic rings. The van der Waals surface area contributed by atoms with Crippen LogP contribution in [0, 0.1) is 11.3 Å². The SMILES string of the molecule is CN1C(=CC=CC2=[N+](C)c3ccc4ccccc4c3C2(C)Cc2ccccc2)C(Cc2ccccc2)(Cc2ccccc2)c2cc(C#N)ccc21. The van der Waals surface area contributed by atoms with E-state index in [0.717, 1.165) is 24.9 Å². The second-order valence-electron chi connectivity index (χ2n) is 14.3. The van der Waals surface area contributed by atoms with Gasteiger partial charge in [-0.05, 0) is 89.6 Å². The van der Waals surface area contributed by atoms with Gasteiger partial charge in [0.1, 0.15) is 7.05 Å². The van der Waals surface area contributed by atoms with E-state index in [1.165, 1.54) is 55.7 Å². The predicted octanol–water partition coefficient (Wildman–Crippen LogP) is 10.3. The van der Waals surface area contributed by atoms with Gasteiger partial charge in [-0.3, -0.25) is 0 Å². The quantitative estimate of drug-likeness (QED) is 0.152. The lowest BCUT2D eigenvalue weighted by Gasteiger charge is -2.33. The zero-order valence-corrected chi connectivity index (χ0v) is 29.6. The van der Waals surface area contributed by atoms with Crippen molar-refractivity contribution in [2.45, 2.75) is 37.0 Å². The molecule has 0 bridgehead atoms. The lowest BCUT2D eigenvalue weighted by molar-refractivity contribution is -0.401. The molecule has 2 aliphatic heterocycles. The van der Waals surface area contributed by atoms with E-state index in [1.807, 2.05) is 6.07 Å². The highest BCUT2D eigenvalue weighted by molar-refractivity contribution is 6.08. The van der Waals surface area contributed by atoms with Crippen LogP contribution in [0.3, 0.4) is 0 Å². The Balaban J connectivity index is 1.29. The summed E-state index contributed by atoms with van der Waals surface area (Å²) in [5.74, 6) is 0. The molecule has 0 aromatic heterocycles. The van der Waals surface area contributed by atoms with Gasteiger partial charge in [0.15, 0.2) is 5.71 Å². The second kappa shape index (κ2) is 13.0. The summed E-state index contributed by atoms with van der Waals surface area (Å²) in [6.07, 6.45) is 9.48. The predicted molar refractivity (Wildman–Crippen MR) is 211 cm³/mol. The van der Waals surface area contributed by atoms with Gasteiger partial charge in [-0.2, -0.15) is 9.84 Å². The highest BCUT2D eigenvalue weighted by Gasteiger charge is 2.48. The summed E-state index contributed by atoms with van der Waals surface area (Å²) in [4.78, 5) is 2.35. The number of benzene rings is 6. The molecule has 0 radical (unpaired) electrons. The zero-order valence-electron chi connectivity index (χ0n) is 29.6. The Kier molecular flexibility index (Phi) is 8.25. The maximum absolute atomic E-state index is 10.0. The third-order valence-corrected chi connectivity index (χ3v) is 11.2. The Bertz CT molecular complexity index is 2340. The summed E-state index contributed by atoms with van der Waals surface area (Å²) in [5, 5.41) is 12.6. The molecule has 2 heterocycles. The van der Waals surface area contributed by atoms with E-state index in [4.69, 9.17) is 0 Å². The molecule has 51 heavy (non-hydrogen) atoms. The molecule has 0 saturated heterocycles. The minimum atomic E-state index is -0.386. The Morgan fingerprint density at radius 3 is 1.92 bits per heavy atom. The maximum atomic E-state index is 10.0. The summed E-state index contributed by atoms with van der Waals surface area (Å²) in [6, 6.07) is 54.4. The largest absolute Gasteiger partial charge is 0.347 e. The maximum Gasteiger partial charge on any atom is 0.210 e. The summed E-state index contributed by atoms with van der Waals surface area (Å²) in [5.41, 5.74) is 11.4. The summed E-state index contributed by atoms with van der Waals surface area (Å²) < 4.78 is 2.40. The molecule has 0 aliphatic carbocycles. The molecule has 3 nitrogen and oxygen atoms in total. The molecule has 0 spiro atoms. The molecule has 1 atom stereocenters. The molecule has 3 heteroatoms. The smallest absolute Gasteiger partial charge is 0.210 e. The average molecular weight is 661 g/mol. The Hall–Kier alpha value is -5.98. The van der Waals surface area contributed by atoms with E-state index in [1.54, 1.807) is 0 Å². The van der Waals surface area contributed by atoms with E-state index in [9.17, 15) is 5.26 Å². The third-order valence-electron chi connectivity index (χ3n) is 11.2. The molecule has 6 aromatic rings. The highest BCUT2D eigenvalue weighted by Crippen LogP contribution is 2.52. The molecule has 0 saturated carbocycles. The fourth-order valence-corrected chi connectivity index (χ4v) is 8.92. The Labute approximate surface area is 301 Å². The van der Waals surface area contributed by atoms with Crippen LogP contribution in [0.1, 0.15) is 40.3 Å². The number of allylic oxidation sites excluding steroid dienone is 4.